The van der Waals surface area contributed by atoms with Crippen molar-refractivity contribution in [1.82, 2.24) is 5.32 Å². The Balaban J connectivity index is 1.84. The minimum absolute atomic E-state index is 0.102. The highest BCUT2D eigenvalue weighted by Crippen LogP contribution is 2.12. The van der Waals surface area contributed by atoms with E-state index in [9.17, 15) is 9.50 Å². The van der Waals surface area contributed by atoms with Crippen molar-refractivity contribution in [2.75, 3.05) is 6.54 Å². The first-order valence-corrected chi connectivity index (χ1v) is 6.86. The normalized spacial score (nSPS) is 13.9. The molecule has 2 aromatic carbocycles. The second kappa shape index (κ2) is 7.17. The lowest BCUT2D eigenvalue weighted by atomic mass is 10.1. The summed E-state index contributed by atoms with van der Waals surface area (Å²) in [5.74, 6) is -0.176. The van der Waals surface area contributed by atoms with Crippen LogP contribution in [0.4, 0.5) is 4.39 Å². The molecular formula is C17H20FNO. The lowest BCUT2D eigenvalue weighted by molar-refractivity contribution is 0.170. The highest BCUT2D eigenvalue weighted by atomic mass is 19.1. The molecule has 2 nitrogen and oxygen atoms in total. The van der Waals surface area contributed by atoms with Crippen LogP contribution < -0.4 is 5.32 Å². The number of nitrogens with one attached hydrogen (secondary N) is 1. The van der Waals surface area contributed by atoms with Gasteiger partial charge in [0.2, 0.25) is 0 Å². The van der Waals surface area contributed by atoms with E-state index in [4.69, 9.17) is 0 Å². The molecule has 0 aliphatic rings. The molecular weight excluding hydrogens is 253 g/mol. The quantitative estimate of drug-likeness (QED) is 0.847. The van der Waals surface area contributed by atoms with E-state index in [0.29, 0.717) is 18.5 Å². The molecule has 20 heavy (non-hydrogen) atoms. The first-order chi connectivity index (χ1) is 9.66. The van der Waals surface area contributed by atoms with E-state index in [1.165, 1.54) is 6.07 Å². The molecule has 0 saturated heterocycles. The number of hydrogen-bond donors (Lipinski definition) is 2. The average molecular weight is 273 g/mol. The summed E-state index contributed by atoms with van der Waals surface area (Å²) in [5, 5.41) is 13.3. The van der Waals surface area contributed by atoms with Gasteiger partial charge in [-0.3, -0.25) is 0 Å². The summed E-state index contributed by atoms with van der Waals surface area (Å²) in [6.45, 7) is 2.45. The SMILES string of the molecule is CC(Cc1ccccc1F)NCC(O)c1ccccc1. The Hall–Kier alpha value is -1.71. The topological polar surface area (TPSA) is 32.3 Å². The molecule has 3 heteroatoms. The molecule has 0 aromatic heterocycles. The number of hydrogen-bond acceptors (Lipinski definition) is 2. The zero-order valence-electron chi connectivity index (χ0n) is 11.6. The van der Waals surface area contributed by atoms with Gasteiger partial charge in [0.05, 0.1) is 6.10 Å². The fourth-order valence-corrected chi connectivity index (χ4v) is 2.17. The Morgan fingerprint density at radius 3 is 2.40 bits per heavy atom. The van der Waals surface area contributed by atoms with Gasteiger partial charge in [0.1, 0.15) is 5.82 Å². The zero-order chi connectivity index (χ0) is 14.4. The predicted octanol–water partition coefficient (Wildman–Crippen LogP) is 3.08. The molecule has 0 spiro atoms. The molecule has 2 aromatic rings. The van der Waals surface area contributed by atoms with Crippen molar-refractivity contribution in [2.24, 2.45) is 0 Å². The van der Waals surface area contributed by atoms with E-state index in [1.54, 1.807) is 12.1 Å². The van der Waals surface area contributed by atoms with Gasteiger partial charge < -0.3 is 10.4 Å². The van der Waals surface area contributed by atoms with Gasteiger partial charge in [-0.2, -0.15) is 0 Å². The Bertz CT molecular complexity index is 530. The molecule has 2 unspecified atom stereocenters. The summed E-state index contributed by atoms with van der Waals surface area (Å²) < 4.78 is 13.5. The third-order valence-corrected chi connectivity index (χ3v) is 3.33. The van der Waals surface area contributed by atoms with Crippen LogP contribution in [0.25, 0.3) is 0 Å². The third-order valence-electron chi connectivity index (χ3n) is 3.33. The summed E-state index contributed by atoms with van der Waals surface area (Å²) in [6, 6.07) is 16.4. The molecule has 0 aliphatic heterocycles. The first kappa shape index (κ1) is 14.7. The Morgan fingerprint density at radius 1 is 1.05 bits per heavy atom. The van der Waals surface area contributed by atoms with Crippen LogP contribution in [0, 0.1) is 5.82 Å². The molecule has 2 rings (SSSR count). The molecule has 106 valence electrons. The third kappa shape index (κ3) is 4.15. The number of aliphatic hydroxyl groups excluding tert-OH is 1. The van der Waals surface area contributed by atoms with Crippen LogP contribution in [0.5, 0.6) is 0 Å². The minimum Gasteiger partial charge on any atom is -0.387 e. The summed E-state index contributed by atoms with van der Waals surface area (Å²) in [5.41, 5.74) is 1.58. The molecule has 2 N–H and O–H groups in total. The van der Waals surface area contributed by atoms with Gasteiger partial charge in [-0.1, -0.05) is 48.5 Å². The molecule has 0 radical (unpaired) electrons. The van der Waals surface area contributed by atoms with Gasteiger partial charge in [0, 0.05) is 12.6 Å². The zero-order valence-corrected chi connectivity index (χ0v) is 11.6. The highest BCUT2D eigenvalue weighted by molar-refractivity contribution is 5.19. The maximum absolute atomic E-state index is 13.5. The van der Waals surface area contributed by atoms with Crippen LogP contribution in [0.15, 0.2) is 54.6 Å². The minimum atomic E-state index is -0.542. The van der Waals surface area contributed by atoms with Gasteiger partial charge >= 0.3 is 0 Å². The van der Waals surface area contributed by atoms with E-state index in [-0.39, 0.29) is 11.9 Å². The van der Waals surface area contributed by atoms with E-state index in [1.807, 2.05) is 43.3 Å². The van der Waals surface area contributed by atoms with Crippen molar-refractivity contribution < 1.29 is 9.50 Å². The van der Waals surface area contributed by atoms with Crippen LogP contribution in [-0.2, 0) is 6.42 Å². The molecule has 2 atom stereocenters. The maximum atomic E-state index is 13.5. The molecule has 0 heterocycles. The maximum Gasteiger partial charge on any atom is 0.126 e. The Morgan fingerprint density at radius 2 is 1.70 bits per heavy atom. The van der Waals surface area contributed by atoms with Crippen LogP contribution in [0.1, 0.15) is 24.2 Å². The molecule has 0 saturated carbocycles. The van der Waals surface area contributed by atoms with Crippen molar-refractivity contribution in [1.29, 1.82) is 0 Å². The van der Waals surface area contributed by atoms with Crippen molar-refractivity contribution in [3.63, 3.8) is 0 Å². The Labute approximate surface area is 119 Å². The second-order valence-electron chi connectivity index (χ2n) is 5.03. The molecule has 0 fully saturated rings. The van der Waals surface area contributed by atoms with E-state index in [2.05, 4.69) is 5.32 Å². The predicted molar refractivity (Wildman–Crippen MR) is 79.0 cm³/mol. The van der Waals surface area contributed by atoms with Gasteiger partial charge in [-0.15, -0.1) is 0 Å². The summed E-state index contributed by atoms with van der Waals surface area (Å²) in [6.07, 6.45) is 0.0630. The highest BCUT2D eigenvalue weighted by Gasteiger charge is 2.10. The number of rotatable bonds is 6. The van der Waals surface area contributed by atoms with E-state index >= 15 is 0 Å². The lowest BCUT2D eigenvalue weighted by Gasteiger charge is -2.17. The Kier molecular flexibility index (Phi) is 5.27. The lowest BCUT2D eigenvalue weighted by Crippen LogP contribution is -2.32. The van der Waals surface area contributed by atoms with E-state index < -0.39 is 6.10 Å². The van der Waals surface area contributed by atoms with Crippen molar-refractivity contribution in [2.45, 2.75) is 25.5 Å². The average Bonchev–Trinajstić information content (AvgIpc) is 2.48. The monoisotopic (exact) mass is 273 g/mol. The van der Waals surface area contributed by atoms with Crippen molar-refractivity contribution >= 4 is 0 Å². The summed E-state index contributed by atoms with van der Waals surface area (Å²) >= 11 is 0. The summed E-state index contributed by atoms with van der Waals surface area (Å²) in [7, 11) is 0. The standard InChI is InChI=1S/C17H20FNO/c1-13(11-15-9-5-6-10-16(15)18)19-12-17(20)14-7-3-2-4-8-14/h2-10,13,17,19-20H,11-12H2,1H3. The smallest absolute Gasteiger partial charge is 0.126 e. The van der Waals surface area contributed by atoms with Crippen LogP contribution >= 0.6 is 0 Å². The van der Waals surface area contributed by atoms with Gasteiger partial charge in [-0.05, 0) is 30.5 Å². The number of benzene rings is 2. The van der Waals surface area contributed by atoms with Gasteiger partial charge in [-0.25, -0.2) is 4.39 Å². The van der Waals surface area contributed by atoms with Crippen molar-refractivity contribution in [3.8, 4) is 0 Å². The number of halogens is 1. The molecule has 0 amide bonds. The fraction of sp³-hybridized carbons (Fsp3) is 0.294. The first-order valence-electron chi connectivity index (χ1n) is 6.86. The van der Waals surface area contributed by atoms with Crippen LogP contribution in [0.2, 0.25) is 0 Å². The summed E-state index contributed by atoms with van der Waals surface area (Å²) in [4.78, 5) is 0. The molecule has 0 bridgehead atoms. The largest absolute Gasteiger partial charge is 0.387 e. The number of aliphatic hydroxyl groups is 1. The van der Waals surface area contributed by atoms with Crippen LogP contribution in [0.3, 0.4) is 0 Å². The fourth-order valence-electron chi connectivity index (χ4n) is 2.17. The van der Waals surface area contributed by atoms with Gasteiger partial charge in [0.25, 0.3) is 0 Å². The van der Waals surface area contributed by atoms with Crippen molar-refractivity contribution in [3.05, 3.63) is 71.5 Å². The van der Waals surface area contributed by atoms with E-state index in [0.717, 1.165) is 5.56 Å². The van der Waals surface area contributed by atoms with Crippen LogP contribution in [-0.4, -0.2) is 17.7 Å². The molecule has 0 aliphatic carbocycles. The second-order valence-corrected chi connectivity index (χ2v) is 5.03. The van der Waals surface area contributed by atoms with Gasteiger partial charge in [0.15, 0.2) is 0 Å².